The first-order chi connectivity index (χ1) is 12.1. The second-order valence-electron chi connectivity index (χ2n) is 6.70. The number of fused-ring (bicyclic) bond motifs is 2. The third-order valence-corrected chi connectivity index (χ3v) is 5.17. The molecule has 0 amide bonds. The Morgan fingerprint density at radius 2 is 1.52 bits per heavy atom. The fraction of sp³-hybridized carbons (Fsp3) is 0.300. The van der Waals surface area contributed by atoms with Gasteiger partial charge in [0.2, 0.25) is 0 Å². The average Bonchev–Trinajstić information content (AvgIpc) is 2.66. The van der Waals surface area contributed by atoms with Crippen molar-refractivity contribution < 1.29 is 14.7 Å². The van der Waals surface area contributed by atoms with Gasteiger partial charge in [0, 0.05) is 6.54 Å². The monoisotopic (exact) mass is 336 g/mol. The molecule has 2 aliphatic rings. The van der Waals surface area contributed by atoms with Crippen LogP contribution >= 0.6 is 0 Å². The van der Waals surface area contributed by atoms with E-state index in [1.54, 1.807) is 0 Å². The lowest BCUT2D eigenvalue weighted by atomic mass is 9.84. The van der Waals surface area contributed by atoms with Gasteiger partial charge in [-0.05, 0) is 35.1 Å². The van der Waals surface area contributed by atoms with E-state index >= 15 is 0 Å². The molecular weight excluding hydrogens is 316 g/mol. The van der Waals surface area contributed by atoms with E-state index in [1.807, 2.05) is 36.4 Å². The van der Waals surface area contributed by atoms with Crippen LogP contribution in [0.15, 0.2) is 48.5 Å². The Morgan fingerprint density at radius 1 is 0.880 bits per heavy atom. The van der Waals surface area contributed by atoms with E-state index in [2.05, 4.69) is 22.8 Å². The number of hydrogen-bond acceptors (Lipinski definition) is 4. The SMILES string of the molecule is O=C(C1Cc2ccccc2CN1)C1N[C@H](C(=O)O)Cc2ccccc21. The minimum absolute atomic E-state index is 0.00732. The lowest BCUT2D eigenvalue weighted by molar-refractivity contribution is -0.140. The van der Waals surface area contributed by atoms with Gasteiger partial charge in [-0.1, -0.05) is 48.5 Å². The molecule has 0 bridgehead atoms. The zero-order valence-corrected chi connectivity index (χ0v) is 13.7. The predicted molar refractivity (Wildman–Crippen MR) is 93.2 cm³/mol. The molecule has 2 aromatic rings. The van der Waals surface area contributed by atoms with Crippen LogP contribution in [0, 0.1) is 0 Å². The molecule has 0 spiro atoms. The molecule has 128 valence electrons. The van der Waals surface area contributed by atoms with Crippen molar-refractivity contribution in [2.24, 2.45) is 0 Å². The number of rotatable bonds is 3. The fourth-order valence-electron chi connectivity index (χ4n) is 3.82. The fourth-order valence-corrected chi connectivity index (χ4v) is 3.82. The van der Waals surface area contributed by atoms with Gasteiger partial charge >= 0.3 is 5.97 Å². The highest BCUT2D eigenvalue weighted by molar-refractivity contribution is 5.92. The quantitative estimate of drug-likeness (QED) is 0.794. The normalized spacial score (nSPS) is 24.9. The summed E-state index contributed by atoms with van der Waals surface area (Å²) in [6.45, 7) is 0.656. The van der Waals surface area contributed by atoms with E-state index < -0.39 is 18.1 Å². The smallest absolute Gasteiger partial charge is 0.321 e. The first kappa shape index (κ1) is 16.0. The molecule has 0 radical (unpaired) electrons. The second-order valence-corrected chi connectivity index (χ2v) is 6.70. The molecule has 5 nitrogen and oxygen atoms in total. The molecule has 4 rings (SSSR count). The number of carbonyl (C=O) groups is 2. The highest BCUT2D eigenvalue weighted by Gasteiger charge is 2.37. The Kier molecular flexibility index (Phi) is 4.11. The van der Waals surface area contributed by atoms with E-state index in [0.29, 0.717) is 19.4 Å². The maximum Gasteiger partial charge on any atom is 0.321 e. The number of carbonyl (C=O) groups excluding carboxylic acids is 1. The molecule has 0 saturated carbocycles. The second kappa shape index (κ2) is 6.43. The summed E-state index contributed by atoms with van der Waals surface area (Å²) in [5, 5.41) is 15.8. The van der Waals surface area contributed by atoms with Crippen molar-refractivity contribution in [3.8, 4) is 0 Å². The molecule has 3 atom stereocenters. The molecule has 0 saturated heterocycles. The van der Waals surface area contributed by atoms with Gasteiger partial charge in [-0.15, -0.1) is 0 Å². The van der Waals surface area contributed by atoms with Crippen molar-refractivity contribution in [1.82, 2.24) is 10.6 Å². The summed E-state index contributed by atoms with van der Waals surface area (Å²) < 4.78 is 0. The summed E-state index contributed by atoms with van der Waals surface area (Å²) >= 11 is 0. The number of Topliss-reactive ketones (excluding diaryl/α,β-unsaturated/α-hetero) is 1. The number of benzene rings is 2. The van der Waals surface area contributed by atoms with Crippen molar-refractivity contribution in [2.75, 3.05) is 0 Å². The molecule has 2 unspecified atom stereocenters. The number of carboxylic acid groups (broad SMARTS) is 1. The van der Waals surface area contributed by atoms with Gasteiger partial charge in [-0.3, -0.25) is 14.9 Å². The van der Waals surface area contributed by atoms with E-state index in [-0.39, 0.29) is 11.8 Å². The highest BCUT2D eigenvalue weighted by Crippen LogP contribution is 2.28. The maximum atomic E-state index is 13.2. The number of ketones is 1. The van der Waals surface area contributed by atoms with Crippen LogP contribution in [0.2, 0.25) is 0 Å². The summed E-state index contributed by atoms with van der Waals surface area (Å²) in [6.07, 6.45) is 1.03. The molecule has 0 aromatic heterocycles. The molecule has 0 aliphatic carbocycles. The van der Waals surface area contributed by atoms with Crippen LogP contribution in [-0.2, 0) is 29.0 Å². The van der Waals surface area contributed by atoms with Crippen molar-refractivity contribution >= 4 is 11.8 Å². The van der Waals surface area contributed by atoms with E-state index in [4.69, 9.17) is 0 Å². The van der Waals surface area contributed by atoms with Gasteiger partial charge in [0.05, 0.1) is 12.1 Å². The zero-order chi connectivity index (χ0) is 17.4. The van der Waals surface area contributed by atoms with Crippen molar-refractivity contribution in [2.45, 2.75) is 37.5 Å². The molecule has 3 N–H and O–H groups in total. The van der Waals surface area contributed by atoms with Crippen molar-refractivity contribution in [1.29, 1.82) is 0 Å². The standard InChI is InChI=1S/C20H20N2O3/c23-19(16-9-12-5-1-2-7-14(12)11-21-16)18-15-8-4-3-6-13(15)10-17(22-18)20(24)25/h1-8,16-18,21-22H,9-11H2,(H,24,25)/t16?,17-,18?/m0/s1. The van der Waals surface area contributed by atoms with Crippen LogP contribution in [0.25, 0.3) is 0 Å². The average molecular weight is 336 g/mol. The van der Waals surface area contributed by atoms with Crippen LogP contribution < -0.4 is 10.6 Å². The first-order valence-electron chi connectivity index (χ1n) is 8.54. The van der Waals surface area contributed by atoms with E-state index in [1.165, 1.54) is 11.1 Å². The number of carboxylic acids is 1. The lowest BCUT2D eigenvalue weighted by Crippen LogP contribution is -2.52. The van der Waals surface area contributed by atoms with Crippen LogP contribution in [0.5, 0.6) is 0 Å². The van der Waals surface area contributed by atoms with Crippen molar-refractivity contribution in [3.63, 3.8) is 0 Å². The van der Waals surface area contributed by atoms with Gasteiger partial charge in [0.25, 0.3) is 0 Å². The molecule has 2 aromatic carbocycles. The van der Waals surface area contributed by atoms with E-state index in [0.717, 1.165) is 11.1 Å². The summed E-state index contributed by atoms with van der Waals surface area (Å²) in [6, 6.07) is 14.1. The van der Waals surface area contributed by atoms with Crippen LogP contribution in [0.4, 0.5) is 0 Å². The molecule has 0 fully saturated rings. The predicted octanol–water partition coefficient (Wildman–Crippen LogP) is 1.61. The van der Waals surface area contributed by atoms with Crippen LogP contribution in [0.1, 0.15) is 28.3 Å². The number of aliphatic carboxylic acids is 1. The van der Waals surface area contributed by atoms with Crippen LogP contribution in [-0.4, -0.2) is 28.9 Å². The highest BCUT2D eigenvalue weighted by atomic mass is 16.4. The Hall–Kier alpha value is -2.50. The zero-order valence-electron chi connectivity index (χ0n) is 13.7. The summed E-state index contributed by atoms with van der Waals surface area (Å²) in [5.41, 5.74) is 4.22. The third-order valence-electron chi connectivity index (χ3n) is 5.17. The topological polar surface area (TPSA) is 78.4 Å². The van der Waals surface area contributed by atoms with Gasteiger partial charge in [0.15, 0.2) is 5.78 Å². The Morgan fingerprint density at radius 3 is 2.28 bits per heavy atom. The minimum Gasteiger partial charge on any atom is -0.480 e. The van der Waals surface area contributed by atoms with Crippen LogP contribution in [0.3, 0.4) is 0 Å². The molecule has 5 heteroatoms. The Bertz CT molecular complexity index is 833. The molecule has 25 heavy (non-hydrogen) atoms. The molecule has 2 heterocycles. The van der Waals surface area contributed by atoms with Gasteiger partial charge in [-0.2, -0.15) is 0 Å². The molecular formula is C20H20N2O3. The van der Waals surface area contributed by atoms with Crippen molar-refractivity contribution in [3.05, 3.63) is 70.8 Å². The summed E-state index contributed by atoms with van der Waals surface area (Å²) in [5.74, 6) is -0.915. The number of hydrogen-bond donors (Lipinski definition) is 3. The minimum atomic E-state index is -0.922. The van der Waals surface area contributed by atoms with Gasteiger partial charge in [-0.25, -0.2) is 0 Å². The van der Waals surface area contributed by atoms with Gasteiger partial charge < -0.3 is 10.4 Å². The Labute approximate surface area is 146 Å². The Balaban J connectivity index is 1.62. The first-order valence-corrected chi connectivity index (χ1v) is 8.54. The largest absolute Gasteiger partial charge is 0.480 e. The third kappa shape index (κ3) is 2.97. The van der Waals surface area contributed by atoms with Gasteiger partial charge in [0.1, 0.15) is 6.04 Å². The summed E-state index contributed by atoms with van der Waals surface area (Å²) in [4.78, 5) is 24.7. The summed E-state index contributed by atoms with van der Waals surface area (Å²) in [7, 11) is 0. The maximum absolute atomic E-state index is 13.2. The number of nitrogens with one attached hydrogen (secondary N) is 2. The molecule has 2 aliphatic heterocycles. The lowest BCUT2D eigenvalue weighted by Gasteiger charge is -2.34. The van der Waals surface area contributed by atoms with E-state index in [9.17, 15) is 14.7 Å².